The molecule has 1 rings (SSSR count). The molecule has 0 aromatic carbocycles. The Balaban J connectivity index is 2.82. The lowest BCUT2D eigenvalue weighted by Crippen LogP contribution is -2.49. The molecule has 0 saturated carbocycles. The van der Waals surface area contributed by atoms with Gasteiger partial charge >= 0.3 is 0 Å². The van der Waals surface area contributed by atoms with Crippen LogP contribution in [0.1, 0.15) is 41.0 Å². The SMILES string of the molecule is CCN(CC(N)=NO)C1CC(C)(C)OC1(C)C. The Hall–Kier alpha value is -0.810. The van der Waals surface area contributed by atoms with E-state index in [2.05, 4.69) is 44.7 Å². The predicted molar refractivity (Wildman–Crippen MR) is 68.3 cm³/mol. The van der Waals surface area contributed by atoms with Gasteiger partial charge in [0.05, 0.1) is 17.7 Å². The molecule has 0 bridgehead atoms. The zero-order valence-electron chi connectivity index (χ0n) is 11.5. The molecule has 5 nitrogen and oxygen atoms in total. The molecule has 1 atom stereocenters. The van der Waals surface area contributed by atoms with E-state index in [9.17, 15) is 0 Å². The van der Waals surface area contributed by atoms with Crippen LogP contribution in [0, 0.1) is 0 Å². The normalized spacial score (nSPS) is 27.6. The van der Waals surface area contributed by atoms with Crippen molar-refractivity contribution in [3.8, 4) is 0 Å². The molecule has 17 heavy (non-hydrogen) atoms. The summed E-state index contributed by atoms with van der Waals surface area (Å²) in [4.78, 5) is 2.20. The Labute approximate surface area is 104 Å². The van der Waals surface area contributed by atoms with E-state index in [0.29, 0.717) is 6.54 Å². The van der Waals surface area contributed by atoms with Crippen molar-refractivity contribution in [2.24, 2.45) is 10.9 Å². The molecule has 1 unspecified atom stereocenters. The molecule has 1 fully saturated rings. The van der Waals surface area contributed by atoms with Crippen LogP contribution in [0.2, 0.25) is 0 Å². The third-order valence-electron chi connectivity index (χ3n) is 3.37. The van der Waals surface area contributed by atoms with Crippen molar-refractivity contribution in [2.45, 2.75) is 58.3 Å². The Morgan fingerprint density at radius 1 is 1.47 bits per heavy atom. The summed E-state index contributed by atoms with van der Waals surface area (Å²) in [6.07, 6.45) is 0.951. The fourth-order valence-electron chi connectivity index (χ4n) is 2.78. The van der Waals surface area contributed by atoms with Crippen LogP contribution in [0.15, 0.2) is 5.16 Å². The zero-order valence-corrected chi connectivity index (χ0v) is 11.5. The average molecular weight is 243 g/mol. The molecule has 0 radical (unpaired) electrons. The fraction of sp³-hybridized carbons (Fsp3) is 0.917. The lowest BCUT2D eigenvalue weighted by Gasteiger charge is -2.35. The smallest absolute Gasteiger partial charge is 0.153 e. The summed E-state index contributed by atoms with van der Waals surface area (Å²) < 4.78 is 6.06. The fourth-order valence-corrected chi connectivity index (χ4v) is 2.78. The Morgan fingerprint density at radius 2 is 2.06 bits per heavy atom. The second-order valence-electron chi connectivity index (χ2n) is 5.84. The average Bonchev–Trinajstić information content (AvgIpc) is 2.42. The number of rotatable bonds is 4. The summed E-state index contributed by atoms with van der Waals surface area (Å²) in [7, 11) is 0. The lowest BCUT2D eigenvalue weighted by molar-refractivity contribution is -0.0791. The minimum atomic E-state index is -0.213. The maximum atomic E-state index is 8.66. The lowest BCUT2D eigenvalue weighted by atomic mass is 9.93. The summed E-state index contributed by atoms with van der Waals surface area (Å²) in [6, 6.07) is 0.280. The molecule has 1 aliphatic rings. The molecule has 0 spiro atoms. The molecule has 5 heteroatoms. The molecule has 0 amide bonds. The molecule has 0 aromatic heterocycles. The third kappa shape index (κ3) is 3.33. The molecular formula is C12H25N3O2. The van der Waals surface area contributed by atoms with Crippen molar-refractivity contribution in [3.05, 3.63) is 0 Å². The van der Waals surface area contributed by atoms with Gasteiger partial charge in [0, 0.05) is 6.04 Å². The first kappa shape index (κ1) is 14.3. The Bertz CT molecular complexity index is 300. The van der Waals surface area contributed by atoms with E-state index in [0.717, 1.165) is 13.0 Å². The largest absolute Gasteiger partial charge is 0.409 e. The van der Waals surface area contributed by atoms with Gasteiger partial charge in [0.25, 0.3) is 0 Å². The molecule has 1 aliphatic heterocycles. The summed E-state index contributed by atoms with van der Waals surface area (Å²) in [5.41, 5.74) is 5.26. The highest BCUT2D eigenvalue weighted by Crippen LogP contribution is 2.39. The second-order valence-corrected chi connectivity index (χ2v) is 5.84. The first-order chi connectivity index (χ1) is 7.72. The molecule has 0 aliphatic carbocycles. The van der Waals surface area contributed by atoms with E-state index in [1.54, 1.807) is 0 Å². The van der Waals surface area contributed by atoms with Crippen molar-refractivity contribution in [1.29, 1.82) is 0 Å². The highest BCUT2D eigenvalue weighted by molar-refractivity contribution is 5.81. The van der Waals surface area contributed by atoms with E-state index < -0.39 is 0 Å². The summed E-state index contributed by atoms with van der Waals surface area (Å²) >= 11 is 0. The maximum absolute atomic E-state index is 8.66. The predicted octanol–water partition coefficient (Wildman–Crippen LogP) is 1.40. The second kappa shape index (κ2) is 4.82. The van der Waals surface area contributed by atoms with Crippen LogP contribution in [-0.2, 0) is 4.74 Å². The third-order valence-corrected chi connectivity index (χ3v) is 3.37. The number of ether oxygens (including phenoxy) is 1. The monoisotopic (exact) mass is 243 g/mol. The van der Waals surface area contributed by atoms with Crippen molar-refractivity contribution >= 4 is 5.84 Å². The number of amidine groups is 1. The summed E-state index contributed by atoms with van der Waals surface area (Å²) in [6.45, 7) is 11.8. The van der Waals surface area contributed by atoms with Crippen molar-refractivity contribution in [2.75, 3.05) is 13.1 Å². The molecular weight excluding hydrogens is 218 g/mol. The van der Waals surface area contributed by atoms with Gasteiger partial charge in [-0.05, 0) is 40.7 Å². The number of likely N-dealkylation sites (N-methyl/N-ethyl adjacent to an activating group) is 1. The first-order valence-electron chi connectivity index (χ1n) is 6.12. The van der Waals surface area contributed by atoms with E-state index in [-0.39, 0.29) is 23.1 Å². The van der Waals surface area contributed by atoms with E-state index in [1.165, 1.54) is 0 Å². The van der Waals surface area contributed by atoms with Gasteiger partial charge in [0.1, 0.15) is 0 Å². The van der Waals surface area contributed by atoms with Crippen LogP contribution in [-0.4, -0.2) is 46.3 Å². The van der Waals surface area contributed by atoms with Crippen LogP contribution >= 0.6 is 0 Å². The van der Waals surface area contributed by atoms with Crippen LogP contribution in [0.4, 0.5) is 0 Å². The van der Waals surface area contributed by atoms with Crippen LogP contribution in [0.25, 0.3) is 0 Å². The van der Waals surface area contributed by atoms with Crippen molar-refractivity contribution < 1.29 is 9.94 Å². The number of oxime groups is 1. The van der Waals surface area contributed by atoms with Gasteiger partial charge in [-0.2, -0.15) is 0 Å². The van der Waals surface area contributed by atoms with Gasteiger partial charge < -0.3 is 15.7 Å². The maximum Gasteiger partial charge on any atom is 0.153 e. The van der Waals surface area contributed by atoms with Gasteiger partial charge in [-0.15, -0.1) is 0 Å². The van der Waals surface area contributed by atoms with Gasteiger partial charge in [0.15, 0.2) is 5.84 Å². The van der Waals surface area contributed by atoms with Crippen LogP contribution in [0.5, 0.6) is 0 Å². The molecule has 0 aromatic rings. The van der Waals surface area contributed by atoms with Gasteiger partial charge in [0.2, 0.25) is 0 Å². The number of nitrogens with zero attached hydrogens (tertiary/aromatic N) is 2. The Morgan fingerprint density at radius 3 is 2.41 bits per heavy atom. The van der Waals surface area contributed by atoms with E-state index in [4.69, 9.17) is 15.7 Å². The van der Waals surface area contributed by atoms with Gasteiger partial charge in [-0.25, -0.2) is 0 Å². The van der Waals surface area contributed by atoms with Crippen LogP contribution in [0.3, 0.4) is 0 Å². The van der Waals surface area contributed by atoms with E-state index in [1.807, 2.05) is 0 Å². The van der Waals surface area contributed by atoms with E-state index >= 15 is 0 Å². The highest BCUT2D eigenvalue weighted by atomic mass is 16.5. The number of nitrogens with two attached hydrogens (primary N) is 1. The molecule has 1 heterocycles. The zero-order chi connectivity index (χ0) is 13.3. The van der Waals surface area contributed by atoms with Gasteiger partial charge in [-0.3, -0.25) is 4.90 Å². The molecule has 100 valence electrons. The molecule has 3 N–H and O–H groups in total. The quantitative estimate of drug-likeness (QED) is 0.339. The standard InChI is InChI=1S/C12H25N3O2/c1-6-15(8-10(13)14-16)9-7-11(2,3)17-12(9,4)5/h9,16H,6-8H2,1-5H3,(H2,13,14). The minimum absolute atomic E-state index is 0.118. The number of hydrogen-bond donors (Lipinski definition) is 2. The van der Waals surface area contributed by atoms with Crippen molar-refractivity contribution in [3.63, 3.8) is 0 Å². The highest BCUT2D eigenvalue weighted by Gasteiger charge is 2.48. The first-order valence-corrected chi connectivity index (χ1v) is 6.12. The van der Waals surface area contributed by atoms with Crippen molar-refractivity contribution in [1.82, 2.24) is 4.90 Å². The number of hydrogen-bond acceptors (Lipinski definition) is 4. The Kier molecular flexibility index (Phi) is 4.04. The summed E-state index contributed by atoms with van der Waals surface area (Å²) in [5, 5.41) is 11.7. The molecule has 1 saturated heterocycles. The topological polar surface area (TPSA) is 71.1 Å². The summed E-state index contributed by atoms with van der Waals surface area (Å²) in [5.74, 6) is 0.243. The van der Waals surface area contributed by atoms with Gasteiger partial charge in [-0.1, -0.05) is 12.1 Å². The van der Waals surface area contributed by atoms with Crippen LogP contribution < -0.4 is 5.73 Å². The minimum Gasteiger partial charge on any atom is -0.409 e.